The maximum Gasteiger partial charge on any atom is 0.196 e. The van der Waals surface area contributed by atoms with Gasteiger partial charge in [0.1, 0.15) is 23.0 Å². The molecule has 1 spiro atoms. The summed E-state index contributed by atoms with van der Waals surface area (Å²) in [7, 11) is -3.03. The van der Waals surface area contributed by atoms with Gasteiger partial charge in [0.2, 0.25) is 0 Å². The van der Waals surface area contributed by atoms with Gasteiger partial charge in [-0.15, -0.1) is 0 Å². The van der Waals surface area contributed by atoms with E-state index in [0.717, 1.165) is 82.1 Å². The van der Waals surface area contributed by atoms with Gasteiger partial charge in [0.15, 0.2) is 8.07 Å². The van der Waals surface area contributed by atoms with Crippen LogP contribution >= 0.6 is 0 Å². The van der Waals surface area contributed by atoms with Gasteiger partial charge in [0.25, 0.3) is 0 Å². The van der Waals surface area contributed by atoms with E-state index >= 15 is 0 Å². The number of rotatable bonds is 6. The van der Waals surface area contributed by atoms with Crippen molar-refractivity contribution in [2.75, 3.05) is 0 Å². The normalized spacial score (nSPS) is 15.3. The maximum absolute atomic E-state index is 10.2. The third kappa shape index (κ3) is 5.84. The second-order valence-corrected chi connectivity index (χ2v) is 20.4. The molecule has 1 saturated carbocycles. The zero-order valence-electron chi connectivity index (χ0n) is 35.4. The summed E-state index contributed by atoms with van der Waals surface area (Å²) >= 11 is 0. The predicted octanol–water partition coefficient (Wildman–Crippen LogP) is 13.3. The van der Waals surface area contributed by atoms with Crippen molar-refractivity contribution >= 4 is 28.8 Å². The first-order valence-electron chi connectivity index (χ1n) is 22.4. The molecular weight excluding hydrogens is 769 g/mol. The van der Waals surface area contributed by atoms with Crippen LogP contribution in [0.2, 0.25) is 0 Å². The minimum atomic E-state index is -3.03. The van der Waals surface area contributed by atoms with E-state index in [1.807, 2.05) is 0 Å². The average molecular weight is 814 g/mol. The molecule has 1 aliphatic carbocycles. The lowest BCUT2D eigenvalue weighted by molar-refractivity contribution is 0.482. The van der Waals surface area contributed by atoms with Crippen molar-refractivity contribution in [1.82, 2.24) is 0 Å². The fraction of sp³-hybridized carbons (Fsp3) is 0.0847. The lowest BCUT2D eigenvalue weighted by atomic mass is 9.84. The molecule has 0 aromatic heterocycles. The minimum absolute atomic E-state index is 0.742. The van der Waals surface area contributed by atoms with E-state index < -0.39 is 14.0 Å². The largest absolute Gasteiger partial charge is 0.458 e. The van der Waals surface area contributed by atoms with Crippen molar-refractivity contribution in [2.24, 2.45) is 0 Å². The minimum Gasteiger partial charge on any atom is -0.458 e. The van der Waals surface area contributed by atoms with Gasteiger partial charge >= 0.3 is 0 Å². The van der Waals surface area contributed by atoms with Crippen molar-refractivity contribution in [3.05, 3.63) is 218 Å². The van der Waals surface area contributed by atoms with Crippen molar-refractivity contribution in [2.45, 2.75) is 31.6 Å². The van der Waals surface area contributed by atoms with Crippen LogP contribution < -0.4 is 30.2 Å². The monoisotopic (exact) mass is 813 g/mol. The van der Waals surface area contributed by atoms with Gasteiger partial charge in [-0.25, -0.2) is 0 Å². The maximum atomic E-state index is 10.2. The highest BCUT2D eigenvalue weighted by Crippen LogP contribution is 2.49. The van der Waals surface area contributed by atoms with E-state index in [1.165, 1.54) is 48.6 Å². The summed E-state index contributed by atoms with van der Waals surface area (Å²) in [5.41, 5.74) is 12.4. The first-order chi connectivity index (χ1) is 31.1. The molecule has 9 aromatic carbocycles. The lowest BCUT2D eigenvalue weighted by Gasteiger charge is -2.43. The van der Waals surface area contributed by atoms with Gasteiger partial charge in [-0.1, -0.05) is 189 Å². The smallest absolute Gasteiger partial charge is 0.196 e. The molecule has 9 aromatic rings. The summed E-state index contributed by atoms with van der Waals surface area (Å²) in [4.78, 5) is 0. The second-order valence-electron chi connectivity index (χ2n) is 16.7. The molecule has 0 atom stereocenters. The highest BCUT2D eigenvalue weighted by Gasteiger charge is 2.53. The van der Waals surface area contributed by atoms with Gasteiger partial charge in [-0.2, -0.15) is 0 Å². The van der Waals surface area contributed by atoms with Crippen LogP contribution in [0, 0.1) is 0 Å². The van der Waals surface area contributed by atoms with E-state index in [0.29, 0.717) is 0 Å². The summed E-state index contributed by atoms with van der Waals surface area (Å²) in [6.07, 6.45) is 3.71. The summed E-state index contributed by atoms with van der Waals surface area (Å²) in [6.45, 7) is 0. The molecule has 1 fully saturated rings. The topological polar surface area (TPSA) is 18.5 Å². The van der Waals surface area contributed by atoms with E-state index in [1.54, 1.807) is 0 Å². The van der Waals surface area contributed by atoms with Gasteiger partial charge in [-0.3, -0.25) is 0 Å². The Morgan fingerprint density at radius 2 is 0.790 bits per heavy atom. The standard InChI is InChI=1S/C59H44O2Si/c1-4-19-41(20-5-1)47-38-49(43-23-8-3-9-24-43)50(39-48(47)42-21-6-2-7-22-42)44-27-18-28-45(37-44)58-46(40-25-10-11-26-40)35-36-57-59(58)61-53-31-14-17-34-56(53)62(57)54-32-15-12-29-51(54)60-52-30-13-16-33-55(52)62/h1-9,12-24,27-40H,10-11,25-26H2/i40D. The molecule has 0 bridgehead atoms. The third-order valence-electron chi connectivity index (χ3n) is 13.3. The molecule has 2 nitrogen and oxygen atoms in total. The molecule has 2 aliphatic heterocycles. The second kappa shape index (κ2) is 15.1. The number of para-hydroxylation sites is 3. The van der Waals surface area contributed by atoms with Crippen LogP contribution in [-0.4, -0.2) is 8.07 Å². The highest BCUT2D eigenvalue weighted by atomic mass is 28.3. The molecule has 0 N–H and O–H groups in total. The van der Waals surface area contributed by atoms with Crippen molar-refractivity contribution in [3.63, 3.8) is 0 Å². The Kier molecular flexibility index (Phi) is 8.63. The number of hydrogen-bond donors (Lipinski definition) is 0. The Bertz CT molecular complexity index is 3130. The Hall–Kier alpha value is -7.20. The van der Waals surface area contributed by atoms with Crippen LogP contribution in [0.4, 0.5) is 0 Å². The molecule has 2 heterocycles. The molecule has 62 heavy (non-hydrogen) atoms. The van der Waals surface area contributed by atoms with Crippen molar-refractivity contribution in [3.8, 4) is 78.6 Å². The Balaban J connectivity index is 1.15. The summed E-state index contributed by atoms with van der Waals surface area (Å²) in [5.74, 6) is 2.79. The highest BCUT2D eigenvalue weighted by molar-refractivity contribution is 7.21. The SMILES string of the molecule is [2H]C1(c2ccc3c(c2-c2cccc(-c4cc(-c5ccccc5)c(-c5ccccc5)cc4-c4ccccc4)c2)Oc2ccccc2[Si]32c3ccccc3Oc3ccccc32)CCCC1. The molecule has 0 saturated heterocycles. The van der Waals surface area contributed by atoms with E-state index in [4.69, 9.17) is 9.47 Å². The average Bonchev–Trinajstić information content (AvgIpc) is 3.81. The van der Waals surface area contributed by atoms with Crippen LogP contribution in [0.1, 0.15) is 38.5 Å². The Morgan fingerprint density at radius 1 is 0.371 bits per heavy atom. The van der Waals surface area contributed by atoms with Crippen LogP contribution in [0.25, 0.3) is 55.6 Å². The van der Waals surface area contributed by atoms with E-state index in [9.17, 15) is 1.37 Å². The van der Waals surface area contributed by atoms with Crippen molar-refractivity contribution in [1.29, 1.82) is 0 Å². The molecule has 0 radical (unpaired) electrons. The molecule has 296 valence electrons. The fourth-order valence-corrected chi connectivity index (χ4v) is 15.7. The van der Waals surface area contributed by atoms with Gasteiger partial charge in [0, 0.05) is 6.93 Å². The van der Waals surface area contributed by atoms with Crippen LogP contribution in [0.3, 0.4) is 0 Å². The zero-order valence-corrected chi connectivity index (χ0v) is 35.4. The number of fused-ring (bicyclic) bond motifs is 8. The van der Waals surface area contributed by atoms with Crippen molar-refractivity contribution < 1.29 is 10.8 Å². The van der Waals surface area contributed by atoms with Crippen LogP contribution in [0.5, 0.6) is 23.0 Å². The molecule has 0 unspecified atom stereocenters. The summed E-state index contributed by atoms with van der Waals surface area (Å²) < 4.78 is 24.3. The number of hydrogen-bond acceptors (Lipinski definition) is 2. The van der Waals surface area contributed by atoms with Crippen LogP contribution in [-0.2, 0) is 0 Å². The molecule has 3 aliphatic rings. The Morgan fingerprint density at radius 3 is 1.31 bits per heavy atom. The molecule has 3 heteroatoms. The molecular formula is C59H44O2Si. The lowest BCUT2D eigenvalue weighted by Crippen LogP contribution is -2.77. The van der Waals surface area contributed by atoms with Gasteiger partial charge < -0.3 is 9.47 Å². The van der Waals surface area contributed by atoms with E-state index in [-0.39, 0.29) is 0 Å². The number of benzene rings is 9. The fourth-order valence-electron chi connectivity index (χ4n) is 10.6. The third-order valence-corrected chi connectivity index (χ3v) is 18.2. The summed E-state index contributed by atoms with van der Waals surface area (Å²) in [6, 6.07) is 76.6. The first kappa shape index (κ1) is 35.5. The quantitative estimate of drug-likeness (QED) is 0.156. The molecule has 12 rings (SSSR count). The molecule has 0 amide bonds. The van der Waals surface area contributed by atoms with Crippen LogP contribution in [0.15, 0.2) is 212 Å². The summed E-state index contributed by atoms with van der Waals surface area (Å²) in [5, 5.41) is 4.84. The predicted molar refractivity (Wildman–Crippen MR) is 259 cm³/mol. The van der Waals surface area contributed by atoms with Gasteiger partial charge in [0.05, 0.1) is 0 Å². The van der Waals surface area contributed by atoms with E-state index in [2.05, 4.69) is 212 Å². The first-order valence-corrected chi connectivity index (χ1v) is 23.9. The number of ether oxygens (including phenoxy) is 2. The zero-order chi connectivity index (χ0) is 42.0. The Labute approximate surface area is 366 Å². The van der Waals surface area contributed by atoms with Gasteiger partial charge in [-0.05, 0) is 132 Å².